The molecule has 3 atom stereocenters. The zero-order valence-corrected chi connectivity index (χ0v) is 18.1. The van der Waals surface area contributed by atoms with Gasteiger partial charge in [-0.2, -0.15) is 15.8 Å². The molecule has 0 saturated carbocycles. The third-order valence-electron chi connectivity index (χ3n) is 6.02. The average Bonchev–Trinajstić information content (AvgIpc) is 2.83. The summed E-state index contributed by atoms with van der Waals surface area (Å²) in [5.41, 5.74) is 3.40. The third-order valence-corrected chi connectivity index (χ3v) is 6.02. The highest BCUT2D eigenvalue weighted by Gasteiger charge is 2.61. The molecule has 0 bridgehead atoms. The number of rotatable bonds is 5. The lowest BCUT2D eigenvalue weighted by atomic mass is 9.58. The topological polar surface area (TPSA) is 199 Å². The summed E-state index contributed by atoms with van der Waals surface area (Å²) in [7, 11) is 2.64. The average molecular weight is 461 g/mol. The van der Waals surface area contributed by atoms with E-state index in [2.05, 4.69) is 0 Å². The predicted octanol–water partition coefficient (Wildman–Crippen LogP) is 2.41. The zero-order valence-electron chi connectivity index (χ0n) is 18.1. The van der Waals surface area contributed by atoms with Gasteiger partial charge in [0.05, 0.1) is 55.5 Å². The van der Waals surface area contributed by atoms with E-state index in [9.17, 15) is 36.1 Å². The van der Waals surface area contributed by atoms with Crippen molar-refractivity contribution in [3.8, 4) is 41.2 Å². The van der Waals surface area contributed by atoms with Gasteiger partial charge in [-0.15, -0.1) is 0 Å². The normalized spacial score (nSPS) is 21.0. The van der Waals surface area contributed by atoms with E-state index >= 15 is 0 Å². The molecule has 0 fully saturated rings. The van der Waals surface area contributed by atoms with E-state index in [4.69, 9.17) is 15.2 Å². The highest BCUT2D eigenvalue weighted by Crippen LogP contribution is 2.55. The second kappa shape index (κ2) is 8.89. The van der Waals surface area contributed by atoms with Crippen molar-refractivity contribution in [2.75, 3.05) is 14.2 Å². The number of ether oxygens (including phenoxy) is 2. The summed E-state index contributed by atoms with van der Waals surface area (Å²) in [5.74, 6) is -3.31. The minimum atomic E-state index is -2.28. The minimum absolute atomic E-state index is 0.0748. The molecular weight excluding hydrogens is 442 g/mol. The lowest BCUT2D eigenvalue weighted by Crippen LogP contribution is -2.50. The minimum Gasteiger partial charge on any atom is -0.504 e. The fourth-order valence-corrected chi connectivity index (χ4v) is 4.44. The molecule has 172 valence electrons. The lowest BCUT2D eigenvalue weighted by Gasteiger charge is -2.40. The van der Waals surface area contributed by atoms with Crippen LogP contribution in [0.15, 0.2) is 47.7 Å². The Kier molecular flexibility index (Phi) is 6.20. The second-order valence-corrected chi connectivity index (χ2v) is 7.56. The molecule has 34 heavy (non-hydrogen) atoms. The number of aromatic hydroxyl groups is 2. The summed E-state index contributed by atoms with van der Waals surface area (Å²) < 4.78 is 10.0. The van der Waals surface area contributed by atoms with Gasteiger partial charge in [0, 0.05) is 4.92 Å². The molecule has 2 aromatic rings. The SMILES string of the molecule is COc1ccc(C2C(C#N)=C(N)C(C#N)(C#N)C(c3ccc(OC)c(O)c3)C2[N+](=O)[O-])cc1O. The molecule has 3 unspecified atom stereocenters. The van der Waals surface area contributed by atoms with Gasteiger partial charge in [-0.3, -0.25) is 10.1 Å². The summed E-state index contributed by atoms with van der Waals surface area (Å²) in [6.45, 7) is 0. The van der Waals surface area contributed by atoms with Crippen molar-refractivity contribution in [2.45, 2.75) is 17.9 Å². The highest BCUT2D eigenvalue weighted by atomic mass is 16.6. The van der Waals surface area contributed by atoms with Crippen LogP contribution in [0.25, 0.3) is 0 Å². The Labute approximate surface area is 194 Å². The van der Waals surface area contributed by atoms with E-state index < -0.39 is 33.9 Å². The molecular formula is C23H19N5O6. The van der Waals surface area contributed by atoms with Gasteiger partial charge in [0.15, 0.2) is 28.4 Å². The van der Waals surface area contributed by atoms with Crippen molar-refractivity contribution in [1.82, 2.24) is 0 Å². The number of phenolic OH excluding ortho intramolecular Hbond substituents is 2. The molecule has 0 spiro atoms. The molecule has 3 rings (SSSR count). The maximum atomic E-state index is 12.5. The number of nitro groups is 1. The number of nitriles is 3. The van der Waals surface area contributed by atoms with Crippen LogP contribution in [0.3, 0.4) is 0 Å². The van der Waals surface area contributed by atoms with Crippen LogP contribution in [-0.4, -0.2) is 35.4 Å². The summed E-state index contributed by atoms with van der Waals surface area (Å²) in [4.78, 5) is 11.8. The zero-order chi connectivity index (χ0) is 25.2. The molecule has 11 nitrogen and oxygen atoms in total. The van der Waals surface area contributed by atoms with Crippen LogP contribution < -0.4 is 15.2 Å². The maximum absolute atomic E-state index is 12.5. The first kappa shape index (κ1) is 23.7. The van der Waals surface area contributed by atoms with E-state index in [-0.39, 0.29) is 39.7 Å². The Hall–Kier alpha value is -4.95. The van der Waals surface area contributed by atoms with Crippen molar-refractivity contribution in [2.24, 2.45) is 11.1 Å². The van der Waals surface area contributed by atoms with Crippen LogP contribution in [0.2, 0.25) is 0 Å². The summed E-state index contributed by atoms with van der Waals surface area (Å²) in [6, 6.07) is 11.6. The van der Waals surface area contributed by atoms with E-state index in [0.29, 0.717) is 0 Å². The smallest absolute Gasteiger partial charge is 0.234 e. The molecule has 4 N–H and O–H groups in total. The van der Waals surface area contributed by atoms with Crippen LogP contribution in [0.5, 0.6) is 23.0 Å². The summed E-state index contributed by atoms with van der Waals surface area (Å²) in [5, 5.41) is 63.0. The van der Waals surface area contributed by atoms with Crippen molar-refractivity contribution in [1.29, 1.82) is 15.8 Å². The third kappa shape index (κ3) is 3.44. The van der Waals surface area contributed by atoms with Gasteiger partial charge in [-0.05, 0) is 35.4 Å². The Bertz CT molecular complexity index is 1300. The lowest BCUT2D eigenvalue weighted by molar-refractivity contribution is -0.532. The maximum Gasteiger partial charge on any atom is 0.234 e. The molecule has 0 aromatic heterocycles. The van der Waals surface area contributed by atoms with Crippen molar-refractivity contribution >= 4 is 0 Å². The summed E-state index contributed by atoms with van der Waals surface area (Å²) >= 11 is 0. The Balaban J connectivity index is 2.41. The molecule has 11 heteroatoms. The fraction of sp³-hybridized carbons (Fsp3) is 0.261. The first-order chi connectivity index (χ1) is 16.2. The first-order valence-electron chi connectivity index (χ1n) is 9.80. The van der Waals surface area contributed by atoms with E-state index in [0.717, 1.165) is 6.07 Å². The number of hydrogen-bond donors (Lipinski definition) is 3. The largest absolute Gasteiger partial charge is 0.504 e. The molecule has 0 heterocycles. The molecule has 0 aliphatic heterocycles. The standard InChI is InChI=1S/C23H19N5O6/c1-33-17-5-3-12(7-15(17)29)19-14(9-24)22(27)23(10-25,11-26)20(21(19)28(31)32)13-4-6-18(34-2)16(30)8-13/h3-8,19-21,29-30H,27H2,1-2H3. The molecule has 1 aliphatic carbocycles. The van der Waals surface area contributed by atoms with Crippen molar-refractivity contribution in [3.63, 3.8) is 0 Å². The van der Waals surface area contributed by atoms with Gasteiger partial charge < -0.3 is 25.4 Å². The highest BCUT2D eigenvalue weighted by molar-refractivity contribution is 5.57. The van der Waals surface area contributed by atoms with E-state index in [1.54, 1.807) is 12.1 Å². The van der Waals surface area contributed by atoms with Crippen molar-refractivity contribution in [3.05, 3.63) is 68.9 Å². The van der Waals surface area contributed by atoms with Crippen LogP contribution in [0.4, 0.5) is 0 Å². The van der Waals surface area contributed by atoms with Crippen LogP contribution in [0.1, 0.15) is 23.0 Å². The van der Waals surface area contributed by atoms with Gasteiger partial charge in [-0.25, -0.2) is 0 Å². The number of phenols is 2. The van der Waals surface area contributed by atoms with Crippen LogP contribution in [-0.2, 0) is 0 Å². The Morgan fingerprint density at radius 2 is 1.50 bits per heavy atom. The Morgan fingerprint density at radius 1 is 1.00 bits per heavy atom. The van der Waals surface area contributed by atoms with E-state index in [1.165, 1.54) is 44.6 Å². The summed E-state index contributed by atoms with van der Waals surface area (Å²) in [6.07, 6.45) is 0. The molecule has 0 saturated heterocycles. The van der Waals surface area contributed by atoms with Crippen LogP contribution in [0, 0.1) is 49.5 Å². The number of nitrogens with zero attached hydrogens (tertiary/aromatic N) is 4. The first-order valence-corrected chi connectivity index (χ1v) is 9.80. The monoisotopic (exact) mass is 461 g/mol. The number of hydrogen-bond acceptors (Lipinski definition) is 10. The van der Waals surface area contributed by atoms with Gasteiger partial charge in [0.2, 0.25) is 6.04 Å². The van der Waals surface area contributed by atoms with Crippen molar-refractivity contribution < 1.29 is 24.6 Å². The molecule has 0 amide bonds. The van der Waals surface area contributed by atoms with Gasteiger partial charge >= 0.3 is 0 Å². The van der Waals surface area contributed by atoms with E-state index in [1.807, 2.05) is 6.07 Å². The molecule has 0 radical (unpaired) electrons. The molecule has 1 aliphatic rings. The predicted molar refractivity (Wildman–Crippen MR) is 116 cm³/mol. The number of methoxy groups -OCH3 is 2. The Morgan fingerprint density at radius 3 is 1.91 bits per heavy atom. The number of nitrogens with two attached hydrogens (primary N) is 1. The van der Waals surface area contributed by atoms with Gasteiger partial charge in [0.25, 0.3) is 0 Å². The number of benzene rings is 2. The number of allylic oxidation sites excluding steroid dienone is 1. The second-order valence-electron chi connectivity index (χ2n) is 7.56. The quantitative estimate of drug-likeness (QED) is 0.438. The van der Waals surface area contributed by atoms with Crippen LogP contribution >= 0.6 is 0 Å². The molecule has 2 aromatic carbocycles. The van der Waals surface area contributed by atoms with Gasteiger partial charge in [-0.1, -0.05) is 12.1 Å². The fourth-order valence-electron chi connectivity index (χ4n) is 4.44. The van der Waals surface area contributed by atoms with Gasteiger partial charge in [0.1, 0.15) is 0 Å².